The van der Waals surface area contributed by atoms with Crippen LogP contribution in [0.5, 0.6) is 5.88 Å². The van der Waals surface area contributed by atoms with E-state index in [0.717, 1.165) is 24.8 Å². The van der Waals surface area contributed by atoms with Crippen molar-refractivity contribution in [2.75, 3.05) is 31.2 Å². The molecule has 9 heteroatoms. The van der Waals surface area contributed by atoms with Crippen molar-refractivity contribution in [3.63, 3.8) is 0 Å². The molecule has 0 amide bonds. The molecule has 1 aromatic heterocycles. The number of aromatic nitrogens is 2. The van der Waals surface area contributed by atoms with E-state index in [1.165, 1.54) is 0 Å². The number of nitrogens with one attached hydrogen (secondary N) is 1. The molecule has 1 saturated heterocycles. The SMILES string of the molecule is CC(=NO)C(NC(C)C)Oc1nsnc1N1CCOCC1. The first kappa shape index (κ1) is 15.9. The lowest BCUT2D eigenvalue weighted by atomic mass is 10.3. The third-order valence-corrected chi connectivity index (χ3v) is 3.51. The van der Waals surface area contributed by atoms with Crippen LogP contribution in [0, 0.1) is 0 Å². The topological polar surface area (TPSA) is 92.1 Å². The fraction of sp³-hybridized carbons (Fsp3) is 0.750. The van der Waals surface area contributed by atoms with Crippen molar-refractivity contribution < 1.29 is 14.7 Å². The Kier molecular flexibility index (Phi) is 5.71. The molecule has 1 unspecified atom stereocenters. The Morgan fingerprint density at radius 2 is 2.14 bits per heavy atom. The van der Waals surface area contributed by atoms with Gasteiger partial charge in [-0.3, -0.25) is 5.32 Å². The summed E-state index contributed by atoms with van der Waals surface area (Å²) in [6.45, 7) is 8.53. The van der Waals surface area contributed by atoms with Crippen LogP contribution in [0.1, 0.15) is 20.8 Å². The lowest BCUT2D eigenvalue weighted by Gasteiger charge is -2.28. The predicted molar refractivity (Wildman–Crippen MR) is 80.5 cm³/mol. The molecule has 0 aliphatic carbocycles. The van der Waals surface area contributed by atoms with Gasteiger partial charge in [0, 0.05) is 19.1 Å². The quantitative estimate of drug-likeness (QED) is 0.349. The highest BCUT2D eigenvalue weighted by atomic mass is 32.1. The van der Waals surface area contributed by atoms with Crippen molar-refractivity contribution >= 4 is 23.3 Å². The first-order chi connectivity index (χ1) is 10.1. The zero-order valence-electron chi connectivity index (χ0n) is 12.4. The second kappa shape index (κ2) is 7.53. The summed E-state index contributed by atoms with van der Waals surface area (Å²) in [7, 11) is 0. The van der Waals surface area contributed by atoms with Gasteiger partial charge in [0.15, 0.2) is 6.23 Å². The van der Waals surface area contributed by atoms with Gasteiger partial charge in [0.25, 0.3) is 5.88 Å². The molecule has 1 aliphatic heterocycles. The fourth-order valence-corrected chi connectivity index (χ4v) is 2.44. The molecular weight excluding hydrogens is 294 g/mol. The lowest BCUT2D eigenvalue weighted by molar-refractivity contribution is 0.121. The summed E-state index contributed by atoms with van der Waals surface area (Å²) in [5.41, 5.74) is 0.435. The number of ether oxygens (including phenoxy) is 2. The van der Waals surface area contributed by atoms with Crippen LogP contribution in [-0.4, -0.2) is 58.2 Å². The molecule has 2 N–H and O–H groups in total. The minimum atomic E-state index is -0.543. The standard InChI is InChI=1S/C12H21N5O3S/c1-8(2)13-11(9(3)14-18)20-12-10(15-21-16-12)17-4-6-19-7-5-17/h8,11,13,18H,4-7H2,1-3H3. The molecule has 0 radical (unpaired) electrons. The van der Waals surface area contributed by atoms with E-state index in [4.69, 9.17) is 14.7 Å². The Labute approximate surface area is 128 Å². The zero-order chi connectivity index (χ0) is 15.2. The number of anilines is 1. The zero-order valence-corrected chi connectivity index (χ0v) is 13.3. The van der Waals surface area contributed by atoms with Gasteiger partial charge in [0.1, 0.15) is 5.71 Å². The second-order valence-corrected chi connectivity index (χ2v) is 5.58. The minimum absolute atomic E-state index is 0.171. The van der Waals surface area contributed by atoms with Crippen molar-refractivity contribution in [1.82, 2.24) is 14.1 Å². The van der Waals surface area contributed by atoms with Gasteiger partial charge in [-0.15, -0.1) is 4.37 Å². The Balaban J connectivity index is 2.11. The molecule has 0 saturated carbocycles. The molecule has 1 aliphatic rings. The van der Waals surface area contributed by atoms with E-state index in [2.05, 4.69) is 24.1 Å². The number of morpholine rings is 1. The first-order valence-corrected chi connectivity index (χ1v) is 7.61. The molecule has 1 fully saturated rings. The van der Waals surface area contributed by atoms with E-state index in [1.807, 2.05) is 13.8 Å². The van der Waals surface area contributed by atoms with Crippen molar-refractivity contribution in [2.24, 2.45) is 5.16 Å². The van der Waals surface area contributed by atoms with Gasteiger partial charge in [-0.1, -0.05) is 5.16 Å². The molecule has 118 valence electrons. The molecule has 8 nitrogen and oxygen atoms in total. The molecule has 2 rings (SSSR count). The van der Waals surface area contributed by atoms with Gasteiger partial charge < -0.3 is 19.6 Å². The molecule has 0 aromatic carbocycles. The predicted octanol–water partition coefficient (Wildman–Crippen LogP) is 0.928. The monoisotopic (exact) mass is 315 g/mol. The molecule has 2 heterocycles. The van der Waals surface area contributed by atoms with Crippen molar-refractivity contribution in [3.05, 3.63) is 0 Å². The molecule has 0 spiro atoms. The molecule has 0 bridgehead atoms. The highest BCUT2D eigenvalue weighted by molar-refractivity contribution is 6.99. The Morgan fingerprint density at radius 1 is 1.43 bits per heavy atom. The summed E-state index contributed by atoms with van der Waals surface area (Å²) in [6.07, 6.45) is -0.543. The summed E-state index contributed by atoms with van der Waals surface area (Å²) in [5.74, 6) is 1.16. The van der Waals surface area contributed by atoms with Crippen LogP contribution in [0.15, 0.2) is 5.16 Å². The number of rotatable bonds is 6. The summed E-state index contributed by atoms with van der Waals surface area (Å²) in [6, 6.07) is 0.171. The highest BCUT2D eigenvalue weighted by Gasteiger charge is 2.24. The van der Waals surface area contributed by atoms with Crippen LogP contribution in [0.3, 0.4) is 0 Å². The van der Waals surface area contributed by atoms with Gasteiger partial charge in [0.2, 0.25) is 5.82 Å². The number of hydrogen-bond acceptors (Lipinski definition) is 9. The fourth-order valence-electron chi connectivity index (χ4n) is 1.93. The summed E-state index contributed by atoms with van der Waals surface area (Å²) in [4.78, 5) is 2.08. The van der Waals surface area contributed by atoms with Gasteiger partial charge in [-0.25, -0.2) is 0 Å². The molecule has 1 aromatic rings. The molecule has 21 heavy (non-hydrogen) atoms. The van der Waals surface area contributed by atoms with Gasteiger partial charge in [-0.2, -0.15) is 4.37 Å². The maximum atomic E-state index is 8.97. The van der Waals surface area contributed by atoms with Crippen LogP contribution in [0.2, 0.25) is 0 Å². The van der Waals surface area contributed by atoms with Crippen LogP contribution >= 0.6 is 11.7 Å². The van der Waals surface area contributed by atoms with Gasteiger partial charge in [0.05, 0.1) is 24.9 Å². The van der Waals surface area contributed by atoms with E-state index in [-0.39, 0.29) is 6.04 Å². The number of oxime groups is 1. The van der Waals surface area contributed by atoms with E-state index in [1.54, 1.807) is 6.92 Å². The third-order valence-electron chi connectivity index (χ3n) is 3.00. The normalized spacial score (nSPS) is 18.1. The molecule has 1 atom stereocenters. The average Bonchev–Trinajstić information content (AvgIpc) is 2.94. The largest absolute Gasteiger partial charge is 0.449 e. The summed E-state index contributed by atoms with van der Waals surface area (Å²) in [5, 5.41) is 15.4. The Hall–Kier alpha value is -1.45. The average molecular weight is 315 g/mol. The Morgan fingerprint density at radius 3 is 2.76 bits per heavy atom. The minimum Gasteiger partial charge on any atom is -0.449 e. The van der Waals surface area contributed by atoms with E-state index in [0.29, 0.717) is 30.6 Å². The second-order valence-electron chi connectivity index (χ2n) is 5.05. The van der Waals surface area contributed by atoms with Gasteiger partial charge in [-0.05, 0) is 20.8 Å². The van der Waals surface area contributed by atoms with Crippen LogP contribution in [0.4, 0.5) is 5.82 Å². The third kappa shape index (κ3) is 4.26. The van der Waals surface area contributed by atoms with Crippen molar-refractivity contribution in [2.45, 2.75) is 33.0 Å². The highest BCUT2D eigenvalue weighted by Crippen LogP contribution is 2.27. The number of hydrogen-bond donors (Lipinski definition) is 2. The van der Waals surface area contributed by atoms with Crippen LogP contribution in [0.25, 0.3) is 0 Å². The smallest absolute Gasteiger partial charge is 0.272 e. The van der Waals surface area contributed by atoms with Crippen molar-refractivity contribution in [1.29, 1.82) is 0 Å². The lowest BCUT2D eigenvalue weighted by Crippen LogP contribution is -2.44. The maximum Gasteiger partial charge on any atom is 0.272 e. The van der Waals surface area contributed by atoms with E-state index >= 15 is 0 Å². The molecular formula is C12H21N5O3S. The maximum absolute atomic E-state index is 8.97. The van der Waals surface area contributed by atoms with E-state index in [9.17, 15) is 0 Å². The van der Waals surface area contributed by atoms with Crippen molar-refractivity contribution in [3.8, 4) is 5.88 Å². The Bertz CT molecular complexity index is 473. The summed E-state index contributed by atoms with van der Waals surface area (Å²) < 4.78 is 19.7. The van der Waals surface area contributed by atoms with Crippen LogP contribution in [-0.2, 0) is 4.74 Å². The van der Waals surface area contributed by atoms with Gasteiger partial charge >= 0.3 is 0 Å². The number of nitrogens with zero attached hydrogens (tertiary/aromatic N) is 4. The van der Waals surface area contributed by atoms with Crippen LogP contribution < -0.4 is 15.0 Å². The first-order valence-electron chi connectivity index (χ1n) is 6.88. The summed E-state index contributed by atoms with van der Waals surface area (Å²) >= 11 is 1.10. The van der Waals surface area contributed by atoms with E-state index < -0.39 is 6.23 Å².